The van der Waals surface area contributed by atoms with E-state index in [1.165, 1.54) is 12.8 Å². The first kappa shape index (κ1) is 21.3. The molecule has 0 aliphatic carbocycles. The fraction of sp³-hybridized carbons (Fsp3) is 0.409. The first-order valence-electron chi connectivity index (χ1n) is 9.53. The van der Waals surface area contributed by atoms with Crippen molar-refractivity contribution in [2.45, 2.75) is 38.8 Å². The van der Waals surface area contributed by atoms with Crippen molar-refractivity contribution in [1.29, 1.82) is 0 Å². The van der Waals surface area contributed by atoms with E-state index in [1.807, 2.05) is 30.3 Å². The molecule has 1 heterocycles. The Kier molecular flexibility index (Phi) is 9.16. The van der Waals surface area contributed by atoms with Crippen LogP contribution >= 0.6 is 12.4 Å². The molecule has 2 aromatic carbocycles. The number of amides is 1. The number of nitrogens with one attached hydrogen (secondary N) is 2. The summed E-state index contributed by atoms with van der Waals surface area (Å²) in [6, 6.07) is 18.0. The number of hydrogen-bond donors (Lipinski definition) is 2. The minimum Gasteiger partial charge on any atom is -0.489 e. The Bertz CT molecular complexity index is 670. The van der Waals surface area contributed by atoms with Crippen molar-refractivity contribution in [2.24, 2.45) is 5.92 Å². The molecule has 0 atom stereocenters. The Morgan fingerprint density at radius 3 is 2.37 bits per heavy atom. The summed E-state index contributed by atoms with van der Waals surface area (Å²) in [5, 5.41) is 6.39. The molecule has 27 heavy (non-hydrogen) atoms. The molecule has 1 fully saturated rings. The van der Waals surface area contributed by atoms with E-state index in [1.54, 1.807) is 0 Å². The molecule has 0 saturated carbocycles. The van der Waals surface area contributed by atoms with Crippen LogP contribution in [0.1, 0.15) is 36.8 Å². The fourth-order valence-corrected chi connectivity index (χ4v) is 3.23. The van der Waals surface area contributed by atoms with Gasteiger partial charge in [0.1, 0.15) is 12.4 Å². The van der Waals surface area contributed by atoms with Crippen molar-refractivity contribution in [3.05, 3.63) is 65.7 Å². The van der Waals surface area contributed by atoms with Crippen LogP contribution in [0.3, 0.4) is 0 Å². The predicted molar refractivity (Wildman–Crippen MR) is 111 cm³/mol. The number of piperidine rings is 1. The van der Waals surface area contributed by atoms with Crippen molar-refractivity contribution < 1.29 is 9.53 Å². The number of para-hydroxylation sites is 1. The van der Waals surface area contributed by atoms with Gasteiger partial charge in [-0.15, -0.1) is 12.4 Å². The van der Waals surface area contributed by atoms with Crippen LogP contribution in [-0.4, -0.2) is 19.0 Å². The van der Waals surface area contributed by atoms with Gasteiger partial charge in [0.25, 0.3) is 0 Å². The average molecular weight is 389 g/mol. The minimum absolute atomic E-state index is 0. The van der Waals surface area contributed by atoms with Gasteiger partial charge in [-0.1, -0.05) is 42.5 Å². The summed E-state index contributed by atoms with van der Waals surface area (Å²) in [7, 11) is 0. The Morgan fingerprint density at radius 2 is 1.67 bits per heavy atom. The molecule has 4 nitrogen and oxygen atoms in total. The number of carbonyl (C=O) groups is 1. The zero-order chi connectivity index (χ0) is 18.0. The lowest BCUT2D eigenvalue weighted by Gasteiger charge is -2.22. The Balaban J connectivity index is 0.00000261. The molecule has 0 aromatic heterocycles. The zero-order valence-electron chi connectivity index (χ0n) is 15.7. The lowest BCUT2D eigenvalue weighted by Crippen LogP contribution is -2.29. The van der Waals surface area contributed by atoms with Gasteiger partial charge in [0.2, 0.25) is 5.91 Å². The Hall–Kier alpha value is -2.04. The highest BCUT2D eigenvalue weighted by atomic mass is 35.5. The SMILES string of the molecule is Cl.O=C(CCC1CCNCC1)NCc1ccc(COc2ccccc2)cc1. The van der Waals surface area contributed by atoms with Crippen LogP contribution in [0, 0.1) is 5.92 Å². The molecule has 1 aliphatic rings. The molecule has 0 unspecified atom stereocenters. The van der Waals surface area contributed by atoms with Crippen LogP contribution in [0.2, 0.25) is 0 Å². The predicted octanol–water partition coefficient (Wildman–Crippen LogP) is 4.08. The smallest absolute Gasteiger partial charge is 0.220 e. The zero-order valence-corrected chi connectivity index (χ0v) is 16.5. The largest absolute Gasteiger partial charge is 0.489 e. The van der Waals surface area contributed by atoms with Crippen LogP contribution in [0.4, 0.5) is 0 Å². The summed E-state index contributed by atoms with van der Waals surface area (Å²) in [6.45, 7) is 3.32. The summed E-state index contributed by atoms with van der Waals surface area (Å²) >= 11 is 0. The Morgan fingerprint density at radius 1 is 1.00 bits per heavy atom. The number of carbonyl (C=O) groups excluding carboxylic acids is 1. The van der Waals surface area contributed by atoms with E-state index >= 15 is 0 Å². The van der Waals surface area contributed by atoms with E-state index in [0.29, 0.717) is 25.5 Å². The summed E-state index contributed by atoms with van der Waals surface area (Å²) in [4.78, 5) is 12.0. The first-order chi connectivity index (χ1) is 12.8. The van der Waals surface area contributed by atoms with Crippen molar-refractivity contribution in [3.8, 4) is 5.75 Å². The standard InChI is InChI=1S/C22H28N2O2.ClH/c25-22(11-10-18-12-14-23-15-13-18)24-16-19-6-8-20(9-7-19)17-26-21-4-2-1-3-5-21;/h1-9,18,23H,10-17H2,(H,24,25);1H. The first-order valence-corrected chi connectivity index (χ1v) is 9.53. The normalized spacial score (nSPS) is 14.2. The average Bonchev–Trinajstić information content (AvgIpc) is 2.71. The van der Waals surface area contributed by atoms with Gasteiger partial charge in [-0.05, 0) is 61.5 Å². The molecule has 5 heteroatoms. The van der Waals surface area contributed by atoms with E-state index in [4.69, 9.17) is 4.74 Å². The molecule has 0 bridgehead atoms. The number of ether oxygens (including phenoxy) is 1. The third kappa shape index (κ3) is 7.61. The maximum atomic E-state index is 12.0. The molecule has 1 aliphatic heterocycles. The highest BCUT2D eigenvalue weighted by Gasteiger charge is 2.14. The number of halogens is 1. The maximum absolute atomic E-state index is 12.0. The number of rotatable bonds is 8. The van der Waals surface area contributed by atoms with Crippen LogP contribution < -0.4 is 15.4 Å². The third-order valence-electron chi connectivity index (χ3n) is 4.90. The molecular formula is C22H29ClN2O2. The summed E-state index contributed by atoms with van der Waals surface area (Å²) in [5.74, 6) is 1.73. The van der Waals surface area contributed by atoms with E-state index in [2.05, 4.69) is 34.9 Å². The third-order valence-corrected chi connectivity index (χ3v) is 4.90. The van der Waals surface area contributed by atoms with Gasteiger partial charge in [-0.2, -0.15) is 0 Å². The summed E-state index contributed by atoms with van der Waals surface area (Å²) in [5.41, 5.74) is 2.23. The van der Waals surface area contributed by atoms with Crippen molar-refractivity contribution in [3.63, 3.8) is 0 Å². The van der Waals surface area contributed by atoms with Crippen molar-refractivity contribution >= 4 is 18.3 Å². The minimum atomic E-state index is 0. The molecule has 1 saturated heterocycles. The number of hydrogen-bond acceptors (Lipinski definition) is 3. The molecule has 3 rings (SSSR count). The quantitative estimate of drug-likeness (QED) is 0.716. The highest BCUT2D eigenvalue weighted by molar-refractivity contribution is 5.85. The summed E-state index contributed by atoms with van der Waals surface area (Å²) in [6.07, 6.45) is 4.02. The molecule has 1 amide bonds. The highest BCUT2D eigenvalue weighted by Crippen LogP contribution is 2.17. The second kappa shape index (κ2) is 11.6. The van der Waals surface area contributed by atoms with Crippen molar-refractivity contribution in [1.82, 2.24) is 10.6 Å². The van der Waals surface area contributed by atoms with E-state index in [0.717, 1.165) is 36.4 Å². The molecule has 146 valence electrons. The molecule has 2 N–H and O–H groups in total. The fourth-order valence-electron chi connectivity index (χ4n) is 3.23. The van der Waals surface area contributed by atoms with E-state index < -0.39 is 0 Å². The van der Waals surface area contributed by atoms with Gasteiger partial charge < -0.3 is 15.4 Å². The molecule has 2 aromatic rings. The number of benzene rings is 2. The topological polar surface area (TPSA) is 50.4 Å². The van der Waals surface area contributed by atoms with Gasteiger partial charge in [-0.25, -0.2) is 0 Å². The summed E-state index contributed by atoms with van der Waals surface area (Å²) < 4.78 is 5.75. The molecule has 0 radical (unpaired) electrons. The maximum Gasteiger partial charge on any atom is 0.220 e. The van der Waals surface area contributed by atoms with Gasteiger partial charge >= 0.3 is 0 Å². The van der Waals surface area contributed by atoms with Crippen LogP contribution in [-0.2, 0) is 17.9 Å². The van der Waals surface area contributed by atoms with E-state index in [-0.39, 0.29) is 18.3 Å². The monoisotopic (exact) mass is 388 g/mol. The van der Waals surface area contributed by atoms with Gasteiger partial charge in [-0.3, -0.25) is 4.79 Å². The van der Waals surface area contributed by atoms with Gasteiger partial charge in [0.15, 0.2) is 0 Å². The van der Waals surface area contributed by atoms with Crippen LogP contribution in [0.5, 0.6) is 5.75 Å². The lowest BCUT2D eigenvalue weighted by atomic mass is 9.93. The van der Waals surface area contributed by atoms with Crippen molar-refractivity contribution in [2.75, 3.05) is 13.1 Å². The molecule has 0 spiro atoms. The molecular weight excluding hydrogens is 360 g/mol. The second-order valence-electron chi connectivity index (χ2n) is 6.93. The van der Waals surface area contributed by atoms with Crippen LogP contribution in [0.25, 0.3) is 0 Å². The van der Waals surface area contributed by atoms with Gasteiger partial charge in [0.05, 0.1) is 0 Å². The van der Waals surface area contributed by atoms with E-state index in [9.17, 15) is 4.79 Å². The second-order valence-corrected chi connectivity index (χ2v) is 6.93. The van der Waals surface area contributed by atoms with Crippen LogP contribution in [0.15, 0.2) is 54.6 Å². The van der Waals surface area contributed by atoms with Gasteiger partial charge in [0, 0.05) is 13.0 Å². The Labute approximate surface area is 168 Å². The lowest BCUT2D eigenvalue weighted by molar-refractivity contribution is -0.121.